The van der Waals surface area contributed by atoms with Crippen molar-refractivity contribution in [3.05, 3.63) is 11.8 Å². The topological polar surface area (TPSA) is 64.9 Å². The molecule has 1 rings (SSSR count). The van der Waals surface area contributed by atoms with Gasteiger partial charge in [-0.05, 0) is 19.4 Å². The van der Waals surface area contributed by atoms with Gasteiger partial charge in [0.05, 0.1) is 0 Å². The molecule has 4 nitrogen and oxygen atoms in total. The molecule has 68 valence electrons. The summed E-state index contributed by atoms with van der Waals surface area (Å²) >= 11 is 0. The summed E-state index contributed by atoms with van der Waals surface area (Å²) in [4.78, 5) is 0. The Kier molecular flexibility index (Phi) is 3.73. The Morgan fingerprint density at radius 3 is 2.50 bits per heavy atom. The molecule has 0 unspecified atom stereocenters. The van der Waals surface area contributed by atoms with Crippen LogP contribution in [0, 0.1) is 0 Å². The monoisotopic (exact) mass is 169 g/mol. The third-order valence-corrected chi connectivity index (χ3v) is 1.57. The van der Waals surface area contributed by atoms with Gasteiger partial charge >= 0.3 is 0 Å². The fraction of sp³-hybridized carbons (Fsp3) is 0.750. The lowest BCUT2D eigenvalue weighted by Crippen LogP contribution is -2.00. The van der Waals surface area contributed by atoms with Crippen LogP contribution in [0.15, 0.2) is 4.42 Å². The maximum absolute atomic E-state index is 5.35. The first-order chi connectivity index (χ1) is 5.86. The fourth-order valence-electron chi connectivity index (χ4n) is 0.958. The van der Waals surface area contributed by atoms with Crippen LogP contribution in [-0.4, -0.2) is 16.7 Å². The lowest BCUT2D eigenvalue weighted by atomic mass is 10.3. The number of aryl methyl sites for hydroxylation is 2. The zero-order valence-electron chi connectivity index (χ0n) is 7.42. The molecule has 0 aliphatic rings. The number of nitrogens with zero attached hydrogens (tertiary/aromatic N) is 2. The van der Waals surface area contributed by atoms with Crippen molar-refractivity contribution in [1.29, 1.82) is 0 Å². The largest absolute Gasteiger partial charge is 0.425 e. The Morgan fingerprint density at radius 2 is 1.92 bits per heavy atom. The molecule has 4 heteroatoms. The molecule has 0 aromatic carbocycles. The average molecular weight is 169 g/mol. The number of hydrogen-bond donors (Lipinski definition) is 1. The molecular weight excluding hydrogens is 154 g/mol. The van der Waals surface area contributed by atoms with Crippen LogP contribution in [0.1, 0.15) is 31.5 Å². The van der Waals surface area contributed by atoms with E-state index in [0.717, 1.165) is 31.6 Å². The number of nitrogens with two attached hydrogens (primary N) is 1. The molecule has 1 aromatic heterocycles. The molecule has 0 radical (unpaired) electrons. The molecule has 12 heavy (non-hydrogen) atoms. The van der Waals surface area contributed by atoms with Gasteiger partial charge in [-0.15, -0.1) is 10.2 Å². The van der Waals surface area contributed by atoms with Crippen molar-refractivity contribution in [2.45, 2.75) is 32.6 Å². The van der Waals surface area contributed by atoms with Gasteiger partial charge in [0.2, 0.25) is 11.8 Å². The van der Waals surface area contributed by atoms with Crippen molar-refractivity contribution in [2.24, 2.45) is 5.73 Å². The maximum atomic E-state index is 5.35. The lowest BCUT2D eigenvalue weighted by molar-refractivity contribution is 0.443. The summed E-state index contributed by atoms with van der Waals surface area (Å²) in [6, 6.07) is 0. The van der Waals surface area contributed by atoms with Gasteiger partial charge in [-0.3, -0.25) is 0 Å². The van der Waals surface area contributed by atoms with E-state index in [-0.39, 0.29) is 0 Å². The predicted molar refractivity (Wildman–Crippen MR) is 45.7 cm³/mol. The molecule has 0 amide bonds. The number of rotatable bonds is 5. The Balaban J connectivity index is 2.41. The number of hydrogen-bond acceptors (Lipinski definition) is 4. The molecule has 2 N–H and O–H groups in total. The molecule has 0 aliphatic carbocycles. The zero-order chi connectivity index (χ0) is 8.81. The van der Waals surface area contributed by atoms with Crippen LogP contribution in [-0.2, 0) is 12.8 Å². The summed E-state index contributed by atoms with van der Waals surface area (Å²) in [6.45, 7) is 2.76. The van der Waals surface area contributed by atoms with Gasteiger partial charge in [0, 0.05) is 12.8 Å². The first-order valence-corrected chi connectivity index (χ1v) is 4.38. The molecule has 1 aromatic rings. The van der Waals surface area contributed by atoms with E-state index in [2.05, 4.69) is 17.1 Å². The zero-order valence-corrected chi connectivity index (χ0v) is 7.42. The van der Waals surface area contributed by atoms with Gasteiger partial charge in [-0.1, -0.05) is 6.92 Å². The minimum atomic E-state index is 0.672. The van der Waals surface area contributed by atoms with Crippen LogP contribution in [0.25, 0.3) is 0 Å². The molecule has 1 heterocycles. The molecular formula is C8H15N3O. The lowest BCUT2D eigenvalue weighted by Gasteiger charge is -1.90. The van der Waals surface area contributed by atoms with E-state index in [1.54, 1.807) is 0 Å². The van der Waals surface area contributed by atoms with E-state index in [9.17, 15) is 0 Å². The maximum Gasteiger partial charge on any atom is 0.216 e. The highest BCUT2D eigenvalue weighted by atomic mass is 16.4. The van der Waals surface area contributed by atoms with Gasteiger partial charge < -0.3 is 10.2 Å². The van der Waals surface area contributed by atoms with Gasteiger partial charge in [0.25, 0.3) is 0 Å². The van der Waals surface area contributed by atoms with E-state index in [0.29, 0.717) is 12.4 Å². The summed E-state index contributed by atoms with van der Waals surface area (Å²) in [5.74, 6) is 1.45. The van der Waals surface area contributed by atoms with Crippen LogP contribution in [0.2, 0.25) is 0 Å². The SMILES string of the molecule is CCCc1nnc(CCCN)o1. The van der Waals surface area contributed by atoms with Crippen molar-refractivity contribution in [3.8, 4) is 0 Å². The highest BCUT2D eigenvalue weighted by Crippen LogP contribution is 2.03. The fourth-order valence-corrected chi connectivity index (χ4v) is 0.958. The Hall–Kier alpha value is -0.900. The third-order valence-electron chi connectivity index (χ3n) is 1.57. The van der Waals surface area contributed by atoms with Crippen molar-refractivity contribution < 1.29 is 4.42 Å². The highest BCUT2D eigenvalue weighted by Gasteiger charge is 2.03. The van der Waals surface area contributed by atoms with Gasteiger partial charge in [0.1, 0.15) is 0 Å². The molecule has 0 saturated heterocycles. The van der Waals surface area contributed by atoms with E-state index < -0.39 is 0 Å². The van der Waals surface area contributed by atoms with Crippen molar-refractivity contribution in [3.63, 3.8) is 0 Å². The van der Waals surface area contributed by atoms with Gasteiger partial charge in [-0.25, -0.2) is 0 Å². The summed E-state index contributed by atoms with van der Waals surface area (Å²) in [6.07, 6.45) is 3.62. The second-order valence-electron chi connectivity index (χ2n) is 2.73. The predicted octanol–water partition coefficient (Wildman–Crippen LogP) is 0.913. The molecule has 0 spiro atoms. The summed E-state index contributed by atoms with van der Waals surface area (Å²) in [7, 11) is 0. The molecule has 0 fully saturated rings. The van der Waals surface area contributed by atoms with Crippen LogP contribution >= 0.6 is 0 Å². The highest BCUT2D eigenvalue weighted by molar-refractivity contribution is 4.81. The van der Waals surface area contributed by atoms with Crippen LogP contribution in [0.4, 0.5) is 0 Å². The molecule has 0 bridgehead atoms. The van der Waals surface area contributed by atoms with Crippen LogP contribution < -0.4 is 5.73 Å². The molecule has 0 aliphatic heterocycles. The van der Waals surface area contributed by atoms with Gasteiger partial charge in [-0.2, -0.15) is 0 Å². The quantitative estimate of drug-likeness (QED) is 0.711. The van der Waals surface area contributed by atoms with E-state index in [1.807, 2.05) is 0 Å². The average Bonchev–Trinajstić information content (AvgIpc) is 2.50. The molecule has 0 saturated carbocycles. The first kappa shape index (κ1) is 9.19. The summed E-state index contributed by atoms with van der Waals surface area (Å²) < 4.78 is 5.35. The standard InChI is InChI=1S/C8H15N3O/c1-2-4-7-10-11-8(12-7)5-3-6-9/h2-6,9H2,1H3. The number of aromatic nitrogens is 2. The first-order valence-electron chi connectivity index (χ1n) is 4.38. The Morgan fingerprint density at radius 1 is 1.25 bits per heavy atom. The van der Waals surface area contributed by atoms with Crippen molar-refractivity contribution in [1.82, 2.24) is 10.2 Å². The van der Waals surface area contributed by atoms with Crippen LogP contribution in [0.3, 0.4) is 0 Å². The summed E-state index contributed by atoms with van der Waals surface area (Å²) in [5, 5.41) is 7.80. The minimum Gasteiger partial charge on any atom is -0.425 e. The minimum absolute atomic E-state index is 0.672. The van der Waals surface area contributed by atoms with Gasteiger partial charge in [0.15, 0.2) is 0 Å². The van der Waals surface area contributed by atoms with Crippen LogP contribution in [0.5, 0.6) is 0 Å². The smallest absolute Gasteiger partial charge is 0.216 e. The van der Waals surface area contributed by atoms with E-state index in [1.165, 1.54) is 0 Å². The second-order valence-corrected chi connectivity index (χ2v) is 2.73. The molecule has 0 atom stereocenters. The van der Waals surface area contributed by atoms with E-state index >= 15 is 0 Å². The van der Waals surface area contributed by atoms with Crippen molar-refractivity contribution in [2.75, 3.05) is 6.54 Å². The Labute approximate surface area is 72.2 Å². The van der Waals surface area contributed by atoms with E-state index in [4.69, 9.17) is 10.2 Å². The normalized spacial score (nSPS) is 10.5. The summed E-state index contributed by atoms with van der Waals surface area (Å²) in [5.41, 5.74) is 5.35. The second kappa shape index (κ2) is 4.87. The van der Waals surface area contributed by atoms with Crippen molar-refractivity contribution >= 4 is 0 Å². The third kappa shape index (κ3) is 2.62. The Bertz CT molecular complexity index is 222.